The standard InChI is InChI=1S/C32H31ClF3N3O2/c33-27-4-2-1-3-25(27)29(40)37-28-12-7-21-5-6-22(19-26(21)28)30(41)39-18-15-31(20-39)13-16-38(17-14-31)24-10-8-23(9-11-24)32(34,35)36/h1-6,8-11,19,28H,7,12-18,20H2,(H,37,40). The van der Waals surface area contributed by atoms with Crippen LogP contribution >= 0.6 is 11.6 Å². The molecule has 3 aromatic carbocycles. The molecule has 9 heteroatoms. The summed E-state index contributed by atoms with van der Waals surface area (Å²) in [7, 11) is 0. The van der Waals surface area contributed by atoms with E-state index in [4.69, 9.17) is 11.6 Å². The number of amides is 2. The minimum absolute atomic E-state index is 0.00192. The molecule has 2 fully saturated rings. The molecule has 5 nitrogen and oxygen atoms in total. The monoisotopic (exact) mass is 581 g/mol. The summed E-state index contributed by atoms with van der Waals surface area (Å²) in [6.07, 6.45) is -0.0449. The summed E-state index contributed by atoms with van der Waals surface area (Å²) in [6.45, 7) is 2.86. The summed E-state index contributed by atoms with van der Waals surface area (Å²) in [5.41, 5.74) is 3.37. The van der Waals surface area contributed by atoms with Gasteiger partial charge in [-0.1, -0.05) is 29.8 Å². The smallest absolute Gasteiger partial charge is 0.371 e. The van der Waals surface area contributed by atoms with Gasteiger partial charge in [-0.05, 0) is 97.2 Å². The third-order valence-corrected chi connectivity index (χ3v) is 9.33. The lowest BCUT2D eigenvalue weighted by Crippen LogP contribution is -2.42. The van der Waals surface area contributed by atoms with Gasteiger partial charge in [-0.3, -0.25) is 9.59 Å². The van der Waals surface area contributed by atoms with E-state index in [0.717, 1.165) is 74.1 Å². The second-order valence-electron chi connectivity index (χ2n) is 11.5. The van der Waals surface area contributed by atoms with E-state index < -0.39 is 11.7 Å². The summed E-state index contributed by atoms with van der Waals surface area (Å²) in [5, 5.41) is 3.50. The Balaban J connectivity index is 1.09. The Hall–Kier alpha value is -3.52. The topological polar surface area (TPSA) is 52.7 Å². The summed E-state index contributed by atoms with van der Waals surface area (Å²) in [5.74, 6) is -0.229. The average molecular weight is 582 g/mol. The minimum atomic E-state index is -4.34. The number of hydrogen-bond acceptors (Lipinski definition) is 3. The number of benzene rings is 3. The number of halogens is 4. The number of likely N-dealkylation sites (tertiary alicyclic amines) is 1. The largest absolute Gasteiger partial charge is 0.416 e. The maximum atomic E-state index is 13.6. The molecule has 0 bridgehead atoms. The van der Waals surface area contributed by atoms with Gasteiger partial charge >= 0.3 is 6.18 Å². The highest BCUT2D eigenvalue weighted by molar-refractivity contribution is 6.33. The zero-order valence-corrected chi connectivity index (χ0v) is 23.3. The molecule has 1 spiro atoms. The fourth-order valence-electron chi connectivity index (χ4n) is 6.57. The molecular formula is C32H31ClF3N3O2. The first kappa shape index (κ1) is 27.6. The van der Waals surface area contributed by atoms with Crippen LogP contribution in [-0.2, 0) is 12.6 Å². The maximum Gasteiger partial charge on any atom is 0.416 e. The first-order valence-corrected chi connectivity index (χ1v) is 14.4. The Morgan fingerprint density at radius 2 is 1.63 bits per heavy atom. The quantitative estimate of drug-likeness (QED) is 0.364. The number of nitrogens with one attached hydrogen (secondary N) is 1. The molecule has 0 radical (unpaired) electrons. The lowest BCUT2D eigenvalue weighted by molar-refractivity contribution is -0.137. The van der Waals surface area contributed by atoms with E-state index in [1.165, 1.54) is 0 Å². The Morgan fingerprint density at radius 1 is 0.927 bits per heavy atom. The van der Waals surface area contributed by atoms with E-state index in [0.29, 0.717) is 29.2 Å². The van der Waals surface area contributed by atoms with Crippen molar-refractivity contribution in [3.63, 3.8) is 0 Å². The van der Waals surface area contributed by atoms with Crippen molar-refractivity contribution in [2.75, 3.05) is 31.1 Å². The molecule has 1 atom stereocenters. The zero-order valence-electron chi connectivity index (χ0n) is 22.5. The Labute approximate surface area is 242 Å². The molecule has 3 aliphatic rings. The zero-order chi connectivity index (χ0) is 28.8. The number of nitrogens with zero attached hydrogens (tertiary/aromatic N) is 2. The molecule has 214 valence electrons. The van der Waals surface area contributed by atoms with Crippen LogP contribution in [0.4, 0.5) is 18.9 Å². The minimum Gasteiger partial charge on any atom is -0.371 e. The molecule has 0 aromatic heterocycles. The van der Waals surface area contributed by atoms with Crippen LogP contribution in [0.15, 0.2) is 66.7 Å². The van der Waals surface area contributed by atoms with Crippen LogP contribution in [0.25, 0.3) is 0 Å². The average Bonchev–Trinajstić information content (AvgIpc) is 3.57. The molecule has 2 aliphatic heterocycles. The number of carbonyl (C=O) groups excluding carboxylic acids is 2. The van der Waals surface area contributed by atoms with Gasteiger partial charge < -0.3 is 15.1 Å². The van der Waals surface area contributed by atoms with Gasteiger partial charge in [0.2, 0.25) is 0 Å². The van der Waals surface area contributed by atoms with Crippen molar-refractivity contribution in [3.8, 4) is 0 Å². The van der Waals surface area contributed by atoms with E-state index in [9.17, 15) is 22.8 Å². The van der Waals surface area contributed by atoms with Crippen LogP contribution in [0.2, 0.25) is 5.02 Å². The first-order chi connectivity index (χ1) is 19.6. The van der Waals surface area contributed by atoms with E-state index in [-0.39, 0.29) is 23.3 Å². The molecule has 2 saturated heterocycles. The van der Waals surface area contributed by atoms with E-state index in [1.807, 2.05) is 23.1 Å². The van der Waals surface area contributed by atoms with Gasteiger partial charge in [0, 0.05) is 37.4 Å². The lowest BCUT2D eigenvalue weighted by Gasteiger charge is -2.40. The van der Waals surface area contributed by atoms with E-state index in [2.05, 4.69) is 10.2 Å². The van der Waals surface area contributed by atoms with Crippen LogP contribution in [0.5, 0.6) is 0 Å². The molecule has 41 heavy (non-hydrogen) atoms. The molecule has 3 aromatic rings. The van der Waals surface area contributed by atoms with Gasteiger partial charge in [-0.25, -0.2) is 0 Å². The molecule has 2 amide bonds. The molecule has 2 heterocycles. The third-order valence-electron chi connectivity index (χ3n) is 9.00. The van der Waals surface area contributed by atoms with Gasteiger partial charge in [-0.15, -0.1) is 0 Å². The van der Waals surface area contributed by atoms with Crippen molar-refractivity contribution < 1.29 is 22.8 Å². The summed E-state index contributed by atoms with van der Waals surface area (Å²) in [6, 6.07) is 18.0. The molecule has 1 aliphatic carbocycles. The highest BCUT2D eigenvalue weighted by Crippen LogP contribution is 2.42. The Bertz CT molecular complexity index is 1470. The van der Waals surface area contributed by atoms with Gasteiger partial charge in [-0.2, -0.15) is 13.2 Å². The van der Waals surface area contributed by atoms with Crippen molar-refractivity contribution in [2.45, 2.75) is 44.3 Å². The lowest BCUT2D eigenvalue weighted by atomic mass is 9.77. The van der Waals surface area contributed by atoms with Crippen molar-refractivity contribution in [1.29, 1.82) is 0 Å². The van der Waals surface area contributed by atoms with Gasteiger partial charge in [0.25, 0.3) is 11.8 Å². The fourth-order valence-corrected chi connectivity index (χ4v) is 6.79. The summed E-state index contributed by atoms with van der Waals surface area (Å²) in [4.78, 5) is 30.5. The third kappa shape index (κ3) is 5.54. The summed E-state index contributed by atoms with van der Waals surface area (Å²) < 4.78 is 38.8. The fraction of sp³-hybridized carbons (Fsp3) is 0.375. The molecular weight excluding hydrogens is 551 g/mol. The number of fused-ring (bicyclic) bond motifs is 1. The normalized spacial score (nSPS) is 19.9. The van der Waals surface area contributed by atoms with E-state index >= 15 is 0 Å². The number of alkyl halides is 3. The van der Waals surface area contributed by atoms with Crippen LogP contribution in [0, 0.1) is 5.41 Å². The van der Waals surface area contributed by atoms with Crippen LogP contribution in [0.1, 0.15) is 69.1 Å². The van der Waals surface area contributed by atoms with Crippen molar-refractivity contribution in [3.05, 3.63) is 99.6 Å². The summed E-state index contributed by atoms with van der Waals surface area (Å²) >= 11 is 6.21. The van der Waals surface area contributed by atoms with Crippen molar-refractivity contribution in [2.24, 2.45) is 5.41 Å². The molecule has 1 unspecified atom stereocenters. The number of carbonyl (C=O) groups is 2. The Kier molecular flexibility index (Phi) is 7.22. The van der Waals surface area contributed by atoms with Crippen LogP contribution < -0.4 is 10.2 Å². The highest BCUT2D eigenvalue weighted by atomic mass is 35.5. The van der Waals surface area contributed by atoms with Gasteiger partial charge in [0.05, 0.1) is 22.2 Å². The van der Waals surface area contributed by atoms with Crippen LogP contribution in [0.3, 0.4) is 0 Å². The molecule has 6 rings (SSSR count). The molecule has 1 N–H and O–H groups in total. The Morgan fingerprint density at radius 3 is 2.34 bits per heavy atom. The predicted molar refractivity (Wildman–Crippen MR) is 152 cm³/mol. The number of rotatable bonds is 4. The second-order valence-corrected chi connectivity index (χ2v) is 11.9. The second kappa shape index (κ2) is 10.7. The number of aryl methyl sites for hydroxylation is 1. The number of hydrogen-bond donors (Lipinski definition) is 1. The number of anilines is 1. The van der Waals surface area contributed by atoms with E-state index in [1.54, 1.807) is 36.4 Å². The number of piperidine rings is 1. The van der Waals surface area contributed by atoms with Gasteiger partial charge in [0.1, 0.15) is 0 Å². The van der Waals surface area contributed by atoms with Crippen molar-refractivity contribution >= 4 is 29.1 Å². The molecule has 0 saturated carbocycles. The predicted octanol–water partition coefficient (Wildman–Crippen LogP) is 6.91. The van der Waals surface area contributed by atoms with Gasteiger partial charge in [0.15, 0.2) is 0 Å². The first-order valence-electron chi connectivity index (χ1n) is 14.0. The SMILES string of the molecule is O=C(NC1CCc2ccc(C(=O)N3CCC4(CCN(c5ccc(C(F)(F)F)cc5)CC4)C3)cc21)c1ccccc1Cl. The maximum absolute atomic E-state index is 13.6. The highest BCUT2D eigenvalue weighted by Gasteiger charge is 2.42. The van der Waals surface area contributed by atoms with Crippen LogP contribution in [-0.4, -0.2) is 42.9 Å². The van der Waals surface area contributed by atoms with Crippen molar-refractivity contribution in [1.82, 2.24) is 10.2 Å².